The Morgan fingerprint density at radius 1 is 1.29 bits per heavy atom. The van der Waals surface area contributed by atoms with Crippen molar-refractivity contribution in [1.82, 2.24) is 10.3 Å². The molecule has 1 aliphatic heterocycles. The van der Waals surface area contributed by atoms with E-state index in [2.05, 4.69) is 22.4 Å². The average Bonchev–Trinajstić information content (AvgIpc) is 3.12. The SMILES string of the molecule is O=C(Cc1csc(Cc2ccccc2)n1)NC[C@@H]1CCS(=O)(=O)C1. The summed E-state index contributed by atoms with van der Waals surface area (Å²) in [7, 11) is -2.89. The number of nitrogens with zero attached hydrogens (tertiary/aromatic N) is 1. The Hall–Kier alpha value is -1.73. The van der Waals surface area contributed by atoms with Gasteiger partial charge in [0.2, 0.25) is 5.91 Å². The summed E-state index contributed by atoms with van der Waals surface area (Å²) in [5.41, 5.74) is 1.97. The normalized spacial score (nSPS) is 19.2. The summed E-state index contributed by atoms with van der Waals surface area (Å²) in [6.07, 6.45) is 1.65. The number of carbonyl (C=O) groups is 1. The smallest absolute Gasteiger partial charge is 0.226 e. The highest BCUT2D eigenvalue weighted by molar-refractivity contribution is 7.91. The van der Waals surface area contributed by atoms with E-state index in [0.717, 1.165) is 17.1 Å². The monoisotopic (exact) mass is 364 g/mol. The third kappa shape index (κ3) is 4.88. The van der Waals surface area contributed by atoms with Gasteiger partial charge in [-0.1, -0.05) is 30.3 Å². The molecule has 1 amide bonds. The molecular weight excluding hydrogens is 344 g/mol. The Kier molecular flexibility index (Phi) is 5.30. The van der Waals surface area contributed by atoms with Crippen LogP contribution in [0.15, 0.2) is 35.7 Å². The third-order valence-electron chi connectivity index (χ3n) is 4.05. The van der Waals surface area contributed by atoms with E-state index in [1.807, 2.05) is 23.6 Å². The van der Waals surface area contributed by atoms with Gasteiger partial charge in [0, 0.05) is 18.3 Å². The lowest BCUT2D eigenvalue weighted by atomic mass is 10.1. The van der Waals surface area contributed by atoms with Crippen LogP contribution in [0.3, 0.4) is 0 Å². The van der Waals surface area contributed by atoms with Gasteiger partial charge in [-0.05, 0) is 17.9 Å². The minimum atomic E-state index is -2.89. The summed E-state index contributed by atoms with van der Waals surface area (Å²) >= 11 is 1.56. The van der Waals surface area contributed by atoms with Crippen molar-refractivity contribution in [2.24, 2.45) is 5.92 Å². The van der Waals surface area contributed by atoms with Crippen LogP contribution in [-0.4, -0.2) is 37.4 Å². The summed E-state index contributed by atoms with van der Waals surface area (Å²) < 4.78 is 22.8. The van der Waals surface area contributed by atoms with Crippen LogP contribution >= 0.6 is 11.3 Å². The molecule has 1 fully saturated rings. The molecule has 0 bridgehead atoms. The number of hydrogen-bond donors (Lipinski definition) is 1. The molecule has 128 valence electrons. The van der Waals surface area contributed by atoms with E-state index >= 15 is 0 Å². The maximum atomic E-state index is 12.0. The van der Waals surface area contributed by atoms with Crippen LogP contribution in [0.5, 0.6) is 0 Å². The first kappa shape index (κ1) is 17.1. The van der Waals surface area contributed by atoms with Crippen LogP contribution in [0.4, 0.5) is 0 Å². The van der Waals surface area contributed by atoms with Crippen molar-refractivity contribution >= 4 is 27.1 Å². The molecule has 0 aliphatic carbocycles. The number of carbonyl (C=O) groups excluding carboxylic acids is 1. The first-order valence-corrected chi connectivity index (χ1v) is 10.6. The zero-order chi connectivity index (χ0) is 17.0. The molecule has 1 N–H and O–H groups in total. The van der Waals surface area contributed by atoms with Gasteiger partial charge in [-0.15, -0.1) is 11.3 Å². The summed E-state index contributed by atoms with van der Waals surface area (Å²) in [4.78, 5) is 16.5. The number of sulfone groups is 1. The number of nitrogens with one attached hydrogen (secondary N) is 1. The Morgan fingerprint density at radius 3 is 2.79 bits per heavy atom. The van der Waals surface area contributed by atoms with Crippen molar-refractivity contribution in [3.63, 3.8) is 0 Å². The highest BCUT2D eigenvalue weighted by atomic mass is 32.2. The quantitative estimate of drug-likeness (QED) is 0.848. The lowest BCUT2D eigenvalue weighted by Crippen LogP contribution is -2.31. The standard InChI is InChI=1S/C17H20N2O3S2/c20-16(18-10-14-6-7-24(21,22)12-14)9-15-11-23-17(19-15)8-13-4-2-1-3-5-13/h1-5,11,14H,6-10,12H2,(H,18,20)/t14-/m0/s1. The number of aromatic nitrogens is 1. The predicted octanol–water partition coefficient (Wildman–Crippen LogP) is 1.83. The van der Waals surface area contributed by atoms with Gasteiger partial charge >= 0.3 is 0 Å². The second-order valence-corrected chi connectivity index (χ2v) is 9.32. The molecule has 2 aromatic rings. The topological polar surface area (TPSA) is 76.1 Å². The lowest BCUT2D eigenvalue weighted by molar-refractivity contribution is -0.120. The first-order valence-electron chi connectivity index (χ1n) is 7.94. The van der Waals surface area contributed by atoms with E-state index in [1.165, 1.54) is 5.56 Å². The highest BCUT2D eigenvalue weighted by Crippen LogP contribution is 2.18. The van der Waals surface area contributed by atoms with Gasteiger partial charge in [-0.25, -0.2) is 13.4 Å². The molecule has 7 heteroatoms. The average molecular weight is 364 g/mol. The second kappa shape index (κ2) is 7.44. The molecular formula is C17H20N2O3S2. The molecule has 0 radical (unpaired) electrons. The zero-order valence-corrected chi connectivity index (χ0v) is 14.9. The van der Waals surface area contributed by atoms with Gasteiger partial charge in [0.1, 0.15) is 0 Å². The zero-order valence-electron chi connectivity index (χ0n) is 13.3. The molecule has 2 heterocycles. The fourth-order valence-corrected chi connectivity index (χ4v) is 5.49. The van der Waals surface area contributed by atoms with E-state index in [1.54, 1.807) is 11.3 Å². The third-order valence-corrected chi connectivity index (χ3v) is 6.79. The van der Waals surface area contributed by atoms with Crippen molar-refractivity contribution in [3.05, 3.63) is 52.0 Å². The lowest BCUT2D eigenvalue weighted by Gasteiger charge is -2.08. The van der Waals surface area contributed by atoms with E-state index in [9.17, 15) is 13.2 Å². The Bertz CT molecular complexity index is 800. The number of amides is 1. The number of hydrogen-bond acceptors (Lipinski definition) is 5. The molecule has 24 heavy (non-hydrogen) atoms. The molecule has 0 spiro atoms. The maximum Gasteiger partial charge on any atom is 0.226 e. The van der Waals surface area contributed by atoms with Crippen molar-refractivity contribution in [2.75, 3.05) is 18.1 Å². The molecule has 1 aromatic carbocycles. The van der Waals surface area contributed by atoms with E-state index in [0.29, 0.717) is 13.0 Å². The van der Waals surface area contributed by atoms with Crippen molar-refractivity contribution in [1.29, 1.82) is 0 Å². The number of benzene rings is 1. The predicted molar refractivity (Wildman–Crippen MR) is 94.8 cm³/mol. The number of thiazole rings is 1. The number of rotatable bonds is 6. The first-order chi connectivity index (χ1) is 11.5. The van der Waals surface area contributed by atoms with E-state index < -0.39 is 9.84 Å². The molecule has 1 atom stereocenters. The Balaban J connectivity index is 1.47. The van der Waals surface area contributed by atoms with Crippen LogP contribution in [-0.2, 0) is 27.5 Å². The molecule has 0 unspecified atom stereocenters. The highest BCUT2D eigenvalue weighted by Gasteiger charge is 2.27. The van der Waals surface area contributed by atoms with Gasteiger partial charge < -0.3 is 5.32 Å². The fourth-order valence-electron chi connectivity index (χ4n) is 2.80. The van der Waals surface area contributed by atoms with Crippen LogP contribution < -0.4 is 5.32 Å². The summed E-state index contributed by atoms with van der Waals surface area (Å²) in [6, 6.07) is 10.1. The molecule has 5 nitrogen and oxygen atoms in total. The summed E-state index contributed by atoms with van der Waals surface area (Å²) in [5, 5.41) is 5.74. The Labute approximate surface area is 146 Å². The van der Waals surface area contributed by atoms with E-state index in [4.69, 9.17) is 0 Å². The minimum Gasteiger partial charge on any atom is -0.355 e. The molecule has 1 aliphatic rings. The minimum absolute atomic E-state index is 0.0445. The second-order valence-electron chi connectivity index (χ2n) is 6.14. The summed E-state index contributed by atoms with van der Waals surface area (Å²) in [6.45, 7) is 0.430. The van der Waals surface area contributed by atoms with Crippen LogP contribution in [0.1, 0.15) is 22.7 Å². The van der Waals surface area contributed by atoms with Gasteiger partial charge in [0.15, 0.2) is 9.84 Å². The molecule has 3 rings (SSSR count). The van der Waals surface area contributed by atoms with Crippen molar-refractivity contribution in [3.8, 4) is 0 Å². The maximum absolute atomic E-state index is 12.0. The van der Waals surface area contributed by atoms with Crippen molar-refractivity contribution < 1.29 is 13.2 Å². The van der Waals surface area contributed by atoms with Gasteiger partial charge in [0.05, 0.1) is 28.6 Å². The van der Waals surface area contributed by atoms with Crippen LogP contribution in [0.2, 0.25) is 0 Å². The van der Waals surface area contributed by atoms with Crippen LogP contribution in [0, 0.1) is 5.92 Å². The molecule has 1 aromatic heterocycles. The Morgan fingerprint density at radius 2 is 2.08 bits per heavy atom. The van der Waals surface area contributed by atoms with Crippen molar-refractivity contribution in [2.45, 2.75) is 19.3 Å². The van der Waals surface area contributed by atoms with Gasteiger partial charge in [-0.2, -0.15) is 0 Å². The van der Waals surface area contributed by atoms with E-state index in [-0.39, 0.29) is 29.8 Å². The fraction of sp³-hybridized carbons (Fsp3) is 0.412. The van der Waals surface area contributed by atoms with Gasteiger partial charge in [-0.3, -0.25) is 4.79 Å². The van der Waals surface area contributed by atoms with Crippen LogP contribution in [0.25, 0.3) is 0 Å². The largest absolute Gasteiger partial charge is 0.355 e. The molecule has 1 saturated heterocycles. The van der Waals surface area contributed by atoms with Gasteiger partial charge in [0.25, 0.3) is 0 Å². The molecule has 0 saturated carbocycles. The summed E-state index contributed by atoms with van der Waals surface area (Å²) in [5.74, 6) is 0.368.